The minimum absolute atomic E-state index is 0.464. The van der Waals surface area contributed by atoms with Gasteiger partial charge in [-0.2, -0.15) is 0 Å². The van der Waals surface area contributed by atoms with E-state index in [4.69, 9.17) is 5.73 Å². The summed E-state index contributed by atoms with van der Waals surface area (Å²) in [4.78, 5) is 7.14. The number of anilines is 1. The first-order valence-corrected chi connectivity index (χ1v) is 6.00. The Morgan fingerprint density at radius 2 is 2.06 bits per heavy atom. The molecule has 4 heteroatoms. The monoisotopic (exact) mass is 279 g/mol. The molecule has 1 heterocycles. The van der Waals surface area contributed by atoms with Crippen molar-refractivity contribution in [3.8, 4) is 0 Å². The highest BCUT2D eigenvalue weighted by Gasteiger charge is 2.06. The van der Waals surface area contributed by atoms with Gasteiger partial charge in [-0.25, -0.2) is 4.98 Å². The zero-order valence-electron chi connectivity index (χ0n) is 9.13. The van der Waals surface area contributed by atoms with Crippen LogP contribution in [-0.4, -0.2) is 9.97 Å². The van der Waals surface area contributed by atoms with Crippen LogP contribution in [0, 0.1) is 6.92 Å². The molecule has 0 bridgehead atoms. The third kappa shape index (κ3) is 2.44. The lowest BCUT2D eigenvalue weighted by Gasteiger charge is -2.04. The molecule has 0 saturated heterocycles. The van der Waals surface area contributed by atoms with Crippen molar-refractivity contribution in [3.05, 3.63) is 45.7 Å². The minimum atomic E-state index is 0.464. The van der Waals surface area contributed by atoms with Gasteiger partial charge < -0.3 is 10.7 Å². The molecule has 0 saturated carbocycles. The van der Waals surface area contributed by atoms with Crippen molar-refractivity contribution in [2.45, 2.75) is 19.8 Å². The highest BCUT2D eigenvalue weighted by atomic mass is 79.9. The van der Waals surface area contributed by atoms with Crippen molar-refractivity contribution < 1.29 is 0 Å². The number of nitrogens with two attached hydrogens (primary N) is 1. The fourth-order valence-corrected chi connectivity index (χ4v) is 2.21. The summed E-state index contributed by atoms with van der Waals surface area (Å²) in [5, 5.41) is 0. The van der Waals surface area contributed by atoms with Crippen molar-refractivity contribution >= 4 is 21.9 Å². The molecule has 0 aliphatic heterocycles. The molecule has 84 valence electrons. The second kappa shape index (κ2) is 4.70. The molecule has 0 fully saturated rings. The Labute approximate surface area is 103 Å². The number of nitrogen functional groups attached to an aromatic ring is 1. The average molecular weight is 280 g/mol. The smallest absolute Gasteiger partial charge is 0.198 e. The lowest BCUT2D eigenvalue weighted by molar-refractivity contribution is 0.912. The number of benzene rings is 1. The topological polar surface area (TPSA) is 54.7 Å². The maximum Gasteiger partial charge on any atom is 0.198 e. The number of nitrogens with zero attached hydrogens (tertiary/aromatic N) is 1. The van der Waals surface area contributed by atoms with Gasteiger partial charge in [0.1, 0.15) is 4.60 Å². The molecule has 1 aromatic carbocycles. The standard InChI is InChI=1S/C12H14BrN3/c1-8-4-2-3-5-9(8)6-7-10-11(13)16-12(14)15-10/h2-5H,6-7H2,1H3,(H3,14,15,16). The number of hydrogen-bond donors (Lipinski definition) is 2. The summed E-state index contributed by atoms with van der Waals surface area (Å²) in [6.45, 7) is 2.13. The maximum atomic E-state index is 5.58. The van der Waals surface area contributed by atoms with Gasteiger partial charge in [0.05, 0.1) is 5.69 Å². The van der Waals surface area contributed by atoms with E-state index in [1.165, 1.54) is 11.1 Å². The number of nitrogens with one attached hydrogen (secondary N) is 1. The highest BCUT2D eigenvalue weighted by molar-refractivity contribution is 9.10. The van der Waals surface area contributed by atoms with E-state index in [-0.39, 0.29) is 0 Å². The molecule has 3 nitrogen and oxygen atoms in total. The zero-order chi connectivity index (χ0) is 11.5. The van der Waals surface area contributed by atoms with Gasteiger partial charge in [0.25, 0.3) is 0 Å². The first kappa shape index (κ1) is 11.2. The number of aromatic amines is 1. The van der Waals surface area contributed by atoms with Crippen LogP contribution in [0.25, 0.3) is 0 Å². The van der Waals surface area contributed by atoms with Crippen molar-refractivity contribution in [3.63, 3.8) is 0 Å². The van der Waals surface area contributed by atoms with Gasteiger partial charge in [-0.3, -0.25) is 0 Å². The molecule has 0 atom stereocenters. The number of imidazole rings is 1. The quantitative estimate of drug-likeness (QED) is 0.908. The van der Waals surface area contributed by atoms with E-state index in [0.717, 1.165) is 23.1 Å². The Morgan fingerprint density at radius 1 is 1.31 bits per heavy atom. The molecule has 0 amide bonds. The predicted octanol–water partition coefficient (Wildman–Crippen LogP) is 2.85. The van der Waals surface area contributed by atoms with Gasteiger partial charge >= 0.3 is 0 Å². The number of aryl methyl sites for hydroxylation is 3. The van der Waals surface area contributed by atoms with Crippen molar-refractivity contribution in [1.82, 2.24) is 9.97 Å². The number of halogens is 1. The van der Waals surface area contributed by atoms with Crippen molar-refractivity contribution in [2.75, 3.05) is 5.73 Å². The molecule has 2 aromatic rings. The normalized spacial score (nSPS) is 10.6. The number of H-pyrrole nitrogens is 1. The second-order valence-corrected chi connectivity index (χ2v) is 4.57. The van der Waals surface area contributed by atoms with Crippen LogP contribution in [-0.2, 0) is 12.8 Å². The fourth-order valence-electron chi connectivity index (χ4n) is 1.72. The van der Waals surface area contributed by atoms with E-state index in [2.05, 4.69) is 57.1 Å². The summed E-state index contributed by atoms with van der Waals surface area (Å²) < 4.78 is 0.818. The summed E-state index contributed by atoms with van der Waals surface area (Å²) in [7, 11) is 0. The minimum Gasteiger partial charge on any atom is -0.369 e. The van der Waals surface area contributed by atoms with Crippen LogP contribution < -0.4 is 5.73 Å². The SMILES string of the molecule is Cc1ccccc1CCc1[nH]c(N)nc1Br. The predicted molar refractivity (Wildman–Crippen MR) is 69.3 cm³/mol. The Kier molecular flexibility index (Phi) is 3.29. The molecule has 0 unspecified atom stereocenters. The van der Waals surface area contributed by atoms with Gasteiger partial charge in [0.15, 0.2) is 5.95 Å². The largest absolute Gasteiger partial charge is 0.369 e. The van der Waals surface area contributed by atoms with E-state index < -0.39 is 0 Å². The average Bonchev–Trinajstić information content (AvgIpc) is 2.56. The first-order valence-electron chi connectivity index (χ1n) is 5.21. The Morgan fingerprint density at radius 3 is 2.69 bits per heavy atom. The summed E-state index contributed by atoms with van der Waals surface area (Å²) in [5.74, 6) is 0.464. The number of rotatable bonds is 3. The lowest BCUT2D eigenvalue weighted by atomic mass is 10.0. The fraction of sp³-hybridized carbons (Fsp3) is 0.250. The van der Waals surface area contributed by atoms with E-state index in [1.807, 2.05) is 0 Å². The Balaban J connectivity index is 2.08. The molecule has 0 radical (unpaired) electrons. The highest BCUT2D eigenvalue weighted by Crippen LogP contribution is 2.18. The molecular weight excluding hydrogens is 266 g/mol. The summed E-state index contributed by atoms with van der Waals surface area (Å²) in [5.41, 5.74) is 9.33. The molecule has 3 N–H and O–H groups in total. The van der Waals surface area contributed by atoms with Crippen LogP contribution in [0.4, 0.5) is 5.95 Å². The van der Waals surface area contributed by atoms with Crippen LogP contribution in [0.5, 0.6) is 0 Å². The molecule has 1 aromatic heterocycles. The van der Waals surface area contributed by atoms with Gasteiger partial charge in [0, 0.05) is 0 Å². The Bertz CT molecular complexity index is 491. The first-order chi connectivity index (χ1) is 7.66. The van der Waals surface area contributed by atoms with E-state index in [1.54, 1.807) is 0 Å². The van der Waals surface area contributed by atoms with Crippen LogP contribution >= 0.6 is 15.9 Å². The Hall–Kier alpha value is -1.29. The van der Waals surface area contributed by atoms with Gasteiger partial charge in [-0.15, -0.1) is 0 Å². The number of hydrogen-bond acceptors (Lipinski definition) is 2. The molecular formula is C12H14BrN3. The lowest BCUT2D eigenvalue weighted by Crippen LogP contribution is -1.95. The molecule has 16 heavy (non-hydrogen) atoms. The third-order valence-corrected chi connectivity index (χ3v) is 3.31. The van der Waals surface area contributed by atoms with E-state index >= 15 is 0 Å². The number of aromatic nitrogens is 2. The van der Waals surface area contributed by atoms with E-state index in [0.29, 0.717) is 5.95 Å². The van der Waals surface area contributed by atoms with Crippen molar-refractivity contribution in [2.24, 2.45) is 0 Å². The summed E-state index contributed by atoms with van der Waals surface area (Å²) in [6, 6.07) is 8.41. The molecule has 0 aliphatic carbocycles. The second-order valence-electron chi connectivity index (χ2n) is 3.82. The molecule has 0 spiro atoms. The summed E-state index contributed by atoms with van der Waals surface area (Å²) >= 11 is 3.39. The van der Waals surface area contributed by atoms with Gasteiger partial charge in [-0.05, 0) is 46.8 Å². The molecule has 0 aliphatic rings. The van der Waals surface area contributed by atoms with Crippen LogP contribution in [0.3, 0.4) is 0 Å². The van der Waals surface area contributed by atoms with Crippen LogP contribution in [0.2, 0.25) is 0 Å². The van der Waals surface area contributed by atoms with Gasteiger partial charge in [-0.1, -0.05) is 24.3 Å². The van der Waals surface area contributed by atoms with E-state index in [9.17, 15) is 0 Å². The summed E-state index contributed by atoms with van der Waals surface area (Å²) in [6.07, 6.45) is 1.91. The van der Waals surface area contributed by atoms with Crippen LogP contribution in [0.15, 0.2) is 28.9 Å². The molecule has 2 rings (SSSR count). The van der Waals surface area contributed by atoms with Crippen LogP contribution in [0.1, 0.15) is 16.8 Å². The maximum absolute atomic E-state index is 5.58. The van der Waals surface area contributed by atoms with Gasteiger partial charge in [0.2, 0.25) is 0 Å². The zero-order valence-corrected chi connectivity index (χ0v) is 10.7. The third-order valence-electron chi connectivity index (χ3n) is 2.65. The van der Waals surface area contributed by atoms with Crippen molar-refractivity contribution in [1.29, 1.82) is 0 Å².